The van der Waals surface area contributed by atoms with Gasteiger partial charge < -0.3 is 38.6 Å². The van der Waals surface area contributed by atoms with Crippen molar-refractivity contribution in [2.45, 2.75) is 112 Å². The monoisotopic (exact) mass is 935 g/mol. The topological polar surface area (TPSA) is 222 Å². The number of carboxylic acid groups (broad SMARTS) is 1. The van der Waals surface area contributed by atoms with Crippen LogP contribution in [-0.4, -0.2) is 106 Å². The zero-order valence-electron chi connectivity index (χ0n) is 39.3. The standard InChI is InChI=1S/C17H25NO4.C15H21NO4.C12H11NO5.C5H8O2/c1-4-14(3)18(12-11-16(19)21-5-2)17(20)22-13-15-9-7-6-8-10-15;1-3-12(2)16(10-9-14(17)18)15(19)20-11-13-7-5-4-6-8-13;14-10-6-7-11(15)13(10)18-12(16)17-8-9-4-2-1-3-5-9;1-3-5(6)7-4-2/h6-10,14H,4-5,11-13H2,1-3H3;4-8,12H,3,9-11H2,1-2H3,(H,17,18);1-5H,6-8H2;3H,1,4H2,2H3. The summed E-state index contributed by atoms with van der Waals surface area (Å²) in [6, 6.07) is 27.9. The van der Waals surface area contributed by atoms with Crippen LogP contribution in [0.25, 0.3) is 0 Å². The summed E-state index contributed by atoms with van der Waals surface area (Å²) in [5.41, 5.74) is 2.63. The smallest absolute Gasteiger partial charge is 0.481 e. The lowest BCUT2D eigenvalue weighted by atomic mass is 10.2. The molecule has 4 rings (SSSR count). The van der Waals surface area contributed by atoms with Crippen molar-refractivity contribution >= 4 is 48.1 Å². The molecule has 0 bridgehead atoms. The maximum Gasteiger partial charge on any atom is 0.534 e. The van der Waals surface area contributed by atoms with Gasteiger partial charge >= 0.3 is 36.2 Å². The number of amides is 4. The SMILES string of the molecule is C=CC(=O)OCC.CCC(C)N(CCC(=O)O)C(=O)OCc1ccccc1.CCOC(=O)CCN(C(=O)OCc1ccccc1)C(C)CC.O=C(OCc1ccccc1)ON1C(=O)CCC1=O. The highest BCUT2D eigenvalue weighted by Crippen LogP contribution is 2.14. The van der Waals surface area contributed by atoms with Crippen LogP contribution in [0.2, 0.25) is 0 Å². The summed E-state index contributed by atoms with van der Waals surface area (Å²) in [4.78, 5) is 97.6. The van der Waals surface area contributed by atoms with Crippen molar-refractivity contribution in [3.8, 4) is 0 Å². The maximum atomic E-state index is 12.2. The highest BCUT2D eigenvalue weighted by molar-refractivity contribution is 6.01. The van der Waals surface area contributed by atoms with Crippen molar-refractivity contribution in [3.63, 3.8) is 0 Å². The van der Waals surface area contributed by atoms with Gasteiger partial charge in [0, 0.05) is 44.1 Å². The van der Waals surface area contributed by atoms with E-state index < -0.39 is 36.1 Å². The number of hydrogen-bond donors (Lipinski definition) is 1. The molecule has 67 heavy (non-hydrogen) atoms. The minimum absolute atomic E-state index is 0.0118. The van der Waals surface area contributed by atoms with E-state index >= 15 is 0 Å². The molecular formula is C49H65N3O15. The van der Waals surface area contributed by atoms with Gasteiger partial charge in [0.25, 0.3) is 11.8 Å². The molecule has 2 atom stereocenters. The second-order valence-electron chi connectivity index (χ2n) is 14.3. The molecule has 3 aromatic carbocycles. The lowest BCUT2D eigenvalue weighted by Gasteiger charge is -2.27. The van der Waals surface area contributed by atoms with Crippen LogP contribution >= 0.6 is 0 Å². The number of carbonyl (C=O) groups excluding carboxylic acids is 7. The van der Waals surface area contributed by atoms with Gasteiger partial charge in [0.1, 0.15) is 19.8 Å². The third-order valence-corrected chi connectivity index (χ3v) is 9.38. The molecule has 0 aliphatic carbocycles. The van der Waals surface area contributed by atoms with Crippen LogP contribution in [0.5, 0.6) is 0 Å². The maximum absolute atomic E-state index is 12.2. The number of nitrogens with zero attached hydrogens (tertiary/aromatic N) is 3. The predicted molar refractivity (Wildman–Crippen MR) is 245 cm³/mol. The molecular weight excluding hydrogens is 871 g/mol. The quantitative estimate of drug-likeness (QED) is 0.0486. The number of ether oxygens (including phenoxy) is 5. The van der Waals surface area contributed by atoms with Gasteiger partial charge in [0.05, 0.1) is 26.1 Å². The molecule has 2 unspecified atom stereocenters. The van der Waals surface area contributed by atoms with Crippen LogP contribution in [0, 0.1) is 0 Å². The summed E-state index contributed by atoms with van der Waals surface area (Å²) >= 11 is 0. The Labute approximate surface area is 392 Å². The normalized spacial score (nSPS) is 12.1. The summed E-state index contributed by atoms with van der Waals surface area (Å²) in [7, 11) is 0. The summed E-state index contributed by atoms with van der Waals surface area (Å²) in [5, 5.41) is 9.18. The summed E-state index contributed by atoms with van der Waals surface area (Å²) in [6.45, 7) is 16.2. The molecule has 366 valence electrons. The van der Waals surface area contributed by atoms with Gasteiger partial charge in [-0.2, -0.15) is 0 Å². The van der Waals surface area contributed by atoms with Crippen molar-refractivity contribution in [2.24, 2.45) is 0 Å². The summed E-state index contributed by atoms with van der Waals surface area (Å²) < 4.78 is 24.7. The lowest BCUT2D eigenvalue weighted by Crippen LogP contribution is -2.40. The summed E-state index contributed by atoms with van der Waals surface area (Å²) in [6.07, 6.45) is 0.973. The van der Waals surface area contributed by atoms with E-state index in [2.05, 4.69) is 16.2 Å². The van der Waals surface area contributed by atoms with Gasteiger partial charge in [-0.25, -0.2) is 19.2 Å². The average Bonchev–Trinajstić information content (AvgIpc) is 3.65. The van der Waals surface area contributed by atoms with E-state index in [1.54, 1.807) is 43.0 Å². The van der Waals surface area contributed by atoms with E-state index in [4.69, 9.17) is 24.1 Å². The Bertz CT molecular complexity index is 1950. The average molecular weight is 936 g/mol. The highest BCUT2D eigenvalue weighted by atomic mass is 16.8. The number of rotatable bonds is 20. The minimum Gasteiger partial charge on any atom is -0.481 e. The molecule has 0 aromatic heterocycles. The Balaban J connectivity index is 0.000000470. The van der Waals surface area contributed by atoms with Gasteiger partial charge in [-0.3, -0.25) is 24.0 Å². The number of carboxylic acids is 1. The van der Waals surface area contributed by atoms with Gasteiger partial charge in [-0.15, -0.1) is 0 Å². The molecule has 1 heterocycles. The number of benzene rings is 3. The van der Waals surface area contributed by atoms with E-state index in [1.807, 2.05) is 94.4 Å². The Kier molecular flexibility index (Phi) is 29.5. The summed E-state index contributed by atoms with van der Waals surface area (Å²) in [5.74, 6) is -2.64. The minimum atomic E-state index is -1.07. The van der Waals surface area contributed by atoms with Crippen molar-refractivity contribution in [1.82, 2.24) is 14.9 Å². The fourth-order valence-electron chi connectivity index (χ4n) is 5.37. The molecule has 18 nitrogen and oxygen atoms in total. The van der Waals surface area contributed by atoms with Crippen LogP contribution in [0.4, 0.5) is 14.4 Å². The van der Waals surface area contributed by atoms with Gasteiger partial charge in [-0.05, 0) is 57.2 Å². The van der Waals surface area contributed by atoms with E-state index in [0.717, 1.165) is 35.6 Å². The molecule has 0 spiro atoms. The molecule has 0 saturated carbocycles. The molecule has 3 aromatic rings. The fourth-order valence-corrected chi connectivity index (χ4v) is 5.37. The Morgan fingerprint density at radius 2 is 1.00 bits per heavy atom. The Hall–Kier alpha value is -7.24. The largest absolute Gasteiger partial charge is 0.534 e. The van der Waals surface area contributed by atoms with Crippen molar-refractivity contribution < 1.29 is 72.0 Å². The second-order valence-corrected chi connectivity index (χ2v) is 14.3. The number of esters is 2. The van der Waals surface area contributed by atoms with Crippen molar-refractivity contribution in [2.75, 3.05) is 26.3 Å². The lowest BCUT2D eigenvalue weighted by molar-refractivity contribution is -0.177. The number of hydrogen-bond acceptors (Lipinski definition) is 14. The molecule has 1 N–H and O–H groups in total. The van der Waals surface area contributed by atoms with Crippen molar-refractivity contribution in [3.05, 3.63) is 120 Å². The highest BCUT2D eigenvalue weighted by Gasteiger charge is 2.33. The molecule has 1 aliphatic rings. The number of carbonyl (C=O) groups is 8. The molecule has 4 amide bonds. The van der Waals surface area contributed by atoms with E-state index in [9.17, 15) is 38.4 Å². The van der Waals surface area contributed by atoms with E-state index in [1.165, 1.54) is 4.90 Å². The first-order chi connectivity index (χ1) is 32.1. The first-order valence-corrected chi connectivity index (χ1v) is 22.0. The van der Waals surface area contributed by atoms with Crippen LogP contribution in [0.1, 0.15) is 96.8 Å². The van der Waals surface area contributed by atoms with E-state index in [-0.39, 0.29) is 76.1 Å². The first kappa shape index (κ1) is 57.8. The van der Waals surface area contributed by atoms with Crippen LogP contribution < -0.4 is 0 Å². The van der Waals surface area contributed by atoms with Gasteiger partial charge in [0.2, 0.25) is 0 Å². The fraction of sp³-hybridized carbons (Fsp3) is 0.429. The Morgan fingerprint density at radius 1 is 0.612 bits per heavy atom. The number of hydroxylamine groups is 2. The number of imide groups is 1. The first-order valence-electron chi connectivity index (χ1n) is 22.0. The third-order valence-electron chi connectivity index (χ3n) is 9.38. The zero-order chi connectivity index (χ0) is 50.0. The predicted octanol–water partition coefficient (Wildman–Crippen LogP) is 8.41. The van der Waals surface area contributed by atoms with Crippen molar-refractivity contribution in [1.29, 1.82) is 0 Å². The second kappa shape index (κ2) is 34.2. The van der Waals surface area contributed by atoms with Gasteiger partial charge in [-0.1, -0.05) is 116 Å². The molecule has 18 heteroatoms. The molecule has 0 radical (unpaired) electrons. The molecule has 1 saturated heterocycles. The zero-order valence-corrected chi connectivity index (χ0v) is 39.3. The molecule has 1 aliphatic heterocycles. The van der Waals surface area contributed by atoms with Crippen LogP contribution in [-0.2, 0) is 72.3 Å². The van der Waals surface area contributed by atoms with E-state index in [0.29, 0.717) is 24.8 Å². The van der Waals surface area contributed by atoms with Crippen LogP contribution in [0.3, 0.4) is 0 Å². The Morgan fingerprint density at radius 3 is 1.34 bits per heavy atom. The molecule has 1 fully saturated rings. The van der Waals surface area contributed by atoms with Crippen LogP contribution in [0.15, 0.2) is 104 Å². The number of aliphatic carboxylic acids is 1. The third kappa shape index (κ3) is 25.1. The van der Waals surface area contributed by atoms with Gasteiger partial charge in [0.15, 0.2) is 0 Å².